The van der Waals surface area contributed by atoms with E-state index in [1.165, 1.54) is 12.1 Å². The van der Waals surface area contributed by atoms with Gasteiger partial charge in [-0.05, 0) is 36.2 Å². The minimum atomic E-state index is -3.88. The molecule has 0 saturated heterocycles. The third-order valence-corrected chi connectivity index (χ3v) is 4.15. The molecule has 0 saturated carbocycles. The Morgan fingerprint density at radius 2 is 1.90 bits per heavy atom. The van der Waals surface area contributed by atoms with Gasteiger partial charge in [0, 0.05) is 6.07 Å². The van der Waals surface area contributed by atoms with Gasteiger partial charge >= 0.3 is 0 Å². The summed E-state index contributed by atoms with van der Waals surface area (Å²) in [5.74, 6) is -0.0324. The zero-order chi connectivity index (χ0) is 14.9. The van der Waals surface area contributed by atoms with Gasteiger partial charge in [0.05, 0.1) is 5.69 Å². The summed E-state index contributed by atoms with van der Waals surface area (Å²) in [7, 11) is -3.88. The highest BCUT2D eigenvalue weighted by atomic mass is 35.5. The molecule has 0 atom stereocenters. The first-order valence-corrected chi connectivity index (χ1v) is 7.61. The summed E-state index contributed by atoms with van der Waals surface area (Å²) in [4.78, 5) is 7.31. The van der Waals surface area contributed by atoms with Crippen LogP contribution in [0.15, 0.2) is 29.2 Å². The van der Waals surface area contributed by atoms with E-state index in [1.54, 1.807) is 12.1 Å². The largest absolute Gasteiger partial charge is 0.398 e. The van der Waals surface area contributed by atoms with Gasteiger partial charge in [-0.1, -0.05) is 17.7 Å². The summed E-state index contributed by atoms with van der Waals surface area (Å²) in [6.07, 6.45) is 0. The molecule has 0 aliphatic carbocycles. The van der Waals surface area contributed by atoms with Crippen LogP contribution in [0.4, 0.5) is 11.5 Å². The van der Waals surface area contributed by atoms with Crippen molar-refractivity contribution in [2.24, 2.45) is 0 Å². The van der Waals surface area contributed by atoms with Crippen LogP contribution in [0.25, 0.3) is 0 Å². The van der Waals surface area contributed by atoms with Crippen molar-refractivity contribution in [3.8, 4) is 0 Å². The maximum absolute atomic E-state index is 12.2. The molecule has 0 aliphatic heterocycles. The van der Waals surface area contributed by atoms with E-state index in [2.05, 4.69) is 14.7 Å². The first-order valence-electron chi connectivity index (χ1n) is 5.37. The number of nitrogens with two attached hydrogens (primary N) is 1. The molecule has 2 aromatic rings. The number of sulfonamides is 1. The second-order valence-electron chi connectivity index (χ2n) is 3.99. The quantitative estimate of drug-likeness (QED) is 0.511. The lowest BCUT2D eigenvalue weighted by atomic mass is 10.2. The average Bonchev–Trinajstić information content (AvgIpc) is 2.25. The van der Waals surface area contributed by atoms with Crippen LogP contribution in [-0.4, -0.2) is 18.4 Å². The van der Waals surface area contributed by atoms with Crippen molar-refractivity contribution in [3.05, 3.63) is 40.3 Å². The number of hydrogen-bond donors (Lipinski definition) is 2. The number of nitrogens with one attached hydrogen (secondary N) is 1. The third-order valence-electron chi connectivity index (χ3n) is 2.36. The van der Waals surface area contributed by atoms with E-state index in [0.717, 1.165) is 5.56 Å². The molecule has 106 valence electrons. The maximum Gasteiger partial charge on any atom is 0.265 e. The number of aromatic nitrogens is 2. The minimum Gasteiger partial charge on any atom is -0.398 e. The van der Waals surface area contributed by atoms with Gasteiger partial charge in [-0.2, -0.15) is 4.98 Å². The number of hydrogen-bond acceptors (Lipinski definition) is 5. The van der Waals surface area contributed by atoms with Crippen molar-refractivity contribution in [3.63, 3.8) is 0 Å². The lowest BCUT2D eigenvalue weighted by Crippen LogP contribution is -2.16. The average molecular weight is 333 g/mol. The number of rotatable bonds is 3. The predicted molar refractivity (Wildman–Crippen MR) is 78.5 cm³/mol. The Bertz CT molecular complexity index is 745. The molecule has 3 N–H and O–H groups in total. The number of nitrogen functional groups attached to an aromatic ring is 1. The van der Waals surface area contributed by atoms with Gasteiger partial charge in [0.25, 0.3) is 10.0 Å². The van der Waals surface area contributed by atoms with E-state index in [9.17, 15) is 8.42 Å². The highest BCUT2D eigenvalue weighted by Gasteiger charge is 2.18. The molecule has 6 nitrogen and oxygen atoms in total. The number of aryl methyl sites for hydroxylation is 1. The summed E-state index contributed by atoms with van der Waals surface area (Å²) in [5.41, 5.74) is 6.72. The van der Waals surface area contributed by atoms with Crippen molar-refractivity contribution in [1.29, 1.82) is 0 Å². The maximum atomic E-state index is 12.2. The smallest absolute Gasteiger partial charge is 0.265 e. The number of anilines is 2. The van der Waals surface area contributed by atoms with E-state index in [1.807, 2.05) is 6.92 Å². The van der Waals surface area contributed by atoms with Gasteiger partial charge < -0.3 is 5.73 Å². The van der Waals surface area contributed by atoms with Crippen LogP contribution < -0.4 is 10.5 Å². The fourth-order valence-corrected chi connectivity index (χ4v) is 3.06. The SMILES string of the molecule is Cc1ccc(S(=O)(=O)Nc2cc(Cl)nc(Cl)n2)c(N)c1. The Hall–Kier alpha value is -1.57. The Kier molecular flexibility index (Phi) is 4.03. The van der Waals surface area contributed by atoms with Crippen molar-refractivity contribution in [2.75, 3.05) is 10.5 Å². The predicted octanol–water partition coefficient (Wildman–Crippen LogP) is 2.47. The molecule has 0 spiro atoms. The molecule has 1 aromatic carbocycles. The Morgan fingerprint density at radius 1 is 1.20 bits per heavy atom. The van der Waals surface area contributed by atoms with E-state index in [-0.39, 0.29) is 26.8 Å². The summed E-state index contributed by atoms with van der Waals surface area (Å²) < 4.78 is 26.7. The highest BCUT2D eigenvalue weighted by molar-refractivity contribution is 7.92. The number of nitrogens with zero attached hydrogens (tertiary/aromatic N) is 2. The molecule has 1 aromatic heterocycles. The van der Waals surface area contributed by atoms with Crippen molar-refractivity contribution >= 4 is 44.7 Å². The molecule has 0 unspecified atom stereocenters. The molecule has 0 radical (unpaired) electrons. The van der Waals surface area contributed by atoms with Gasteiger partial charge in [-0.15, -0.1) is 0 Å². The molecular weight excluding hydrogens is 323 g/mol. The van der Waals surface area contributed by atoms with E-state index >= 15 is 0 Å². The molecule has 9 heteroatoms. The topological polar surface area (TPSA) is 98.0 Å². The second kappa shape index (κ2) is 5.43. The zero-order valence-corrected chi connectivity index (χ0v) is 12.6. The standard InChI is InChI=1S/C11H10Cl2N4O2S/c1-6-2-3-8(7(14)4-6)20(18,19)17-10-5-9(12)15-11(13)16-10/h2-5H,14H2,1H3,(H,15,16,17). The van der Waals surface area contributed by atoms with Crippen molar-refractivity contribution < 1.29 is 8.42 Å². The second-order valence-corrected chi connectivity index (χ2v) is 6.37. The summed E-state index contributed by atoms with van der Waals surface area (Å²) >= 11 is 11.3. The highest BCUT2D eigenvalue weighted by Crippen LogP contribution is 2.23. The van der Waals surface area contributed by atoms with Crippen LogP contribution in [0, 0.1) is 6.92 Å². The molecule has 0 amide bonds. The van der Waals surface area contributed by atoms with Crippen molar-refractivity contribution in [1.82, 2.24) is 9.97 Å². The first-order chi connectivity index (χ1) is 9.28. The molecule has 0 fully saturated rings. The Balaban J connectivity index is 2.40. The molecule has 1 heterocycles. The molecular formula is C11H10Cl2N4O2S. The van der Waals surface area contributed by atoms with Crippen LogP contribution in [0.5, 0.6) is 0 Å². The van der Waals surface area contributed by atoms with Crippen LogP contribution in [0.3, 0.4) is 0 Å². The van der Waals surface area contributed by atoms with Crippen LogP contribution in [0.2, 0.25) is 10.4 Å². The normalized spacial score (nSPS) is 11.3. The molecule has 0 aliphatic rings. The van der Waals surface area contributed by atoms with Crippen LogP contribution in [0.1, 0.15) is 5.56 Å². The third kappa shape index (κ3) is 3.30. The van der Waals surface area contributed by atoms with Crippen LogP contribution >= 0.6 is 23.2 Å². The zero-order valence-electron chi connectivity index (χ0n) is 10.3. The number of benzene rings is 1. The lowest BCUT2D eigenvalue weighted by molar-refractivity contribution is 0.601. The fourth-order valence-electron chi connectivity index (χ4n) is 1.55. The monoisotopic (exact) mass is 332 g/mol. The van der Waals surface area contributed by atoms with E-state index in [4.69, 9.17) is 28.9 Å². The lowest BCUT2D eigenvalue weighted by Gasteiger charge is -2.10. The van der Waals surface area contributed by atoms with Gasteiger partial charge in [0.15, 0.2) is 0 Å². The summed E-state index contributed by atoms with van der Waals surface area (Å²) in [6, 6.07) is 5.87. The minimum absolute atomic E-state index is 0.0274. The summed E-state index contributed by atoms with van der Waals surface area (Å²) in [6.45, 7) is 1.81. The summed E-state index contributed by atoms with van der Waals surface area (Å²) in [5, 5.41) is -0.133. The Morgan fingerprint density at radius 3 is 2.50 bits per heavy atom. The van der Waals surface area contributed by atoms with Gasteiger partial charge in [0.2, 0.25) is 5.28 Å². The molecule has 20 heavy (non-hydrogen) atoms. The fraction of sp³-hybridized carbons (Fsp3) is 0.0909. The van der Waals surface area contributed by atoms with Gasteiger partial charge in [0.1, 0.15) is 15.9 Å². The first kappa shape index (κ1) is 14.8. The molecule has 0 bridgehead atoms. The van der Waals surface area contributed by atoms with Crippen LogP contribution in [-0.2, 0) is 10.0 Å². The van der Waals surface area contributed by atoms with E-state index < -0.39 is 10.0 Å². The Labute approximate surface area is 126 Å². The van der Waals surface area contributed by atoms with Crippen molar-refractivity contribution in [2.45, 2.75) is 11.8 Å². The van der Waals surface area contributed by atoms with Gasteiger partial charge in [-0.3, -0.25) is 4.72 Å². The number of halogens is 2. The van der Waals surface area contributed by atoms with E-state index in [0.29, 0.717) is 0 Å². The van der Waals surface area contributed by atoms with Gasteiger partial charge in [-0.25, -0.2) is 13.4 Å². The molecule has 2 rings (SSSR count).